The van der Waals surface area contributed by atoms with Gasteiger partial charge in [0.05, 0.1) is 18.5 Å². The maximum absolute atomic E-state index is 14.0. The number of halogens is 1. The number of hydrogen-bond donors (Lipinski definition) is 1. The van der Waals surface area contributed by atoms with Crippen molar-refractivity contribution in [3.05, 3.63) is 89.7 Å². The van der Waals surface area contributed by atoms with Crippen LogP contribution in [0.4, 0.5) is 15.8 Å². The molecule has 0 saturated heterocycles. The molecule has 0 spiro atoms. The summed E-state index contributed by atoms with van der Waals surface area (Å²) in [6.07, 6.45) is 1.06. The van der Waals surface area contributed by atoms with Crippen LogP contribution in [0.1, 0.15) is 11.1 Å². The van der Waals surface area contributed by atoms with Crippen LogP contribution in [0.25, 0.3) is 0 Å². The van der Waals surface area contributed by atoms with Crippen molar-refractivity contribution in [1.82, 2.24) is 0 Å². The summed E-state index contributed by atoms with van der Waals surface area (Å²) < 4.78 is 45.1. The highest BCUT2D eigenvalue weighted by molar-refractivity contribution is 7.92. The van der Waals surface area contributed by atoms with E-state index in [2.05, 4.69) is 5.32 Å². The van der Waals surface area contributed by atoms with Gasteiger partial charge in [-0.25, -0.2) is 12.8 Å². The first-order chi connectivity index (χ1) is 14.7. The predicted octanol–water partition coefficient (Wildman–Crippen LogP) is 4.12. The second-order valence-corrected chi connectivity index (χ2v) is 8.96. The second kappa shape index (κ2) is 9.61. The van der Waals surface area contributed by atoms with Crippen molar-refractivity contribution < 1.29 is 22.3 Å². The molecule has 6 nitrogen and oxygen atoms in total. The number of aryl methyl sites for hydroxylation is 1. The Kier molecular flexibility index (Phi) is 6.91. The minimum atomic E-state index is -3.65. The maximum atomic E-state index is 14.0. The van der Waals surface area contributed by atoms with Gasteiger partial charge in [0, 0.05) is 11.3 Å². The molecule has 3 rings (SSSR count). The number of ether oxygens (including phenoxy) is 1. The fourth-order valence-electron chi connectivity index (χ4n) is 2.87. The van der Waals surface area contributed by atoms with E-state index in [4.69, 9.17) is 4.74 Å². The van der Waals surface area contributed by atoms with E-state index < -0.39 is 15.8 Å². The van der Waals surface area contributed by atoms with Gasteiger partial charge >= 0.3 is 0 Å². The Hall–Kier alpha value is -3.39. The first-order valence-corrected chi connectivity index (χ1v) is 11.4. The molecule has 0 aromatic heterocycles. The van der Waals surface area contributed by atoms with E-state index in [1.54, 1.807) is 48.5 Å². The normalized spacial score (nSPS) is 11.1. The van der Waals surface area contributed by atoms with Crippen LogP contribution in [0.5, 0.6) is 5.75 Å². The van der Waals surface area contributed by atoms with Crippen molar-refractivity contribution in [3.63, 3.8) is 0 Å². The van der Waals surface area contributed by atoms with Crippen LogP contribution in [-0.4, -0.2) is 27.2 Å². The smallest absolute Gasteiger partial charge is 0.262 e. The highest BCUT2D eigenvalue weighted by Gasteiger charge is 2.19. The van der Waals surface area contributed by atoms with E-state index in [1.807, 2.05) is 19.1 Å². The molecule has 3 aromatic rings. The van der Waals surface area contributed by atoms with E-state index in [0.29, 0.717) is 17.1 Å². The fourth-order valence-corrected chi connectivity index (χ4v) is 3.75. The summed E-state index contributed by atoms with van der Waals surface area (Å²) in [7, 11) is -3.65. The summed E-state index contributed by atoms with van der Waals surface area (Å²) in [5.41, 5.74) is 2.39. The molecule has 0 saturated carbocycles. The Balaban J connectivity index is 1.65. The molecule has 0 bridgehead atoms. The van der Waals surface area contributed by atoms with E-state index >= 15 is 0 Å². The quantitative estimate of drug-likeness (QED) is 0.570. The van der Waals surface area contributed by atoms with Crippen molar-refractivity contribution in [2.24, 2.45) is 0 Å². The molecular formula is C23H23FN2O4S. The minimum Gasteiger partial charge on any atom is -0.484 e. The van der Waals surface area contributed by atoms with Gasteiger partial charge in [0.1, 0.15) is 11.6 Å². The summed E-state index contributed by atoms with van der Waals surface area (Å²) in [6.45, 7) is 1.63. The zero-order valence-electron chi connectivity index (χ0n) is 17.2. The lowest BCUT2D eigenvalue weighted by Gasteiger charge is -2.23. The molecule has 1 amide bonds. The fraction of sp³-hybridized carbons (Fsp3) is 0.174. The van der Waals surface area contributed by atoms with Gasteiger partial charge < -0.3 is 10.1 Å². The van der Waals surface area contributed by atoms with Gasteiger partial charge in [-0.15, -0.1) is 0 Å². The average Bonchev–Trinajstić information content (AvgIpc) is 2.73. The summed E-state index contributed by atoms with van der Waals surface area (Å²) >= 11 is 0. The Morgan fingerprint density at radius 3 is 2.26 bits per heavy atom. The van der Waals surface area contributed by atoms with Crippen molar-refractivity contribution in [3.8, 4) is 5.75 Å². The molecule has 0 aliphatic carbocycles. The molecule has 162 valence electrons. The van der Waals surface area contributed by atoms with E-state index in [0.717, 1.165) is 16.1 Å². The Labute approximate surface area is 181 Å². The lowest BCUT2D eigenvalue weighted by molar-refractivity contribution is -0.118. The second-order valence-electron chi connectivity index (χ2n) is 7.06. The van der Waals surface area contributed by atoms with Crippen LogP contribution in [0, 0.1) is 12.7 Å². The summed E-state index contributed by atoms with van der Waals surface area (Å²) in [5, 5.41) is 2.73. The third-order valence-electron chi connectivity index (χ3n) is 4.50. The molecular weight excluding hydrogens is 419 g/mol. The van der Waals surface area contributed by atoms with Gasteiger partial charge in [-0.05, 0) is 49.4 Å². The van der Waals surface area contributed by atoms with Crippen LogP contribution in [-0.2, 0) is 21.4 Å². The number of anilines is 2. The number of amides is 1. The molecule has 0 aliphatic heterocycles. The number of nitrogens with zero attached hydrogens (tertiary/aromatic N) is 1. The van der Waals surface area contributed by atoms with Crippen molar-refractivity contribution >= 4 is 27.3 Å². The SMILES string of the molecule is Cc1ccc(NC(=O)COc2ccc(N(Cc3ccccc3F)S(C)(=O)=O)cc2)cc1. The van der Waals surface area contributed by atoms with Crippen LogP contribution in [0.15, 0.2) is 72.8 Å². The van der Waals surface area contributed by atoms with Crippen molar-refractivity contribution in [1.29, 1.82) is 0 Å². The molecule has 3 aromatic carbocycles. The summed E-state index contributed by atoms with van der Waals surface area (Å²) in [6, 6.07) is 19.6. The monoisotopic (exact) mass is 442 g/mol. The van der Waals surface area contributed by atoms with Crippen LogP contribution < -0.4 is 14.4 Å². The molecule has 0 atom stereocenters. The van der Waals surface area contributed by atoms with Gasteiger partial charge in [0.2, 0.25) is 10.0 Å². The third-order valence-corrected chi connectivity index (χ3v) is 5.64. The number of carbonyl (C=O) groups is 1. The lowest BCUT2D eigenvalue weighted by atomic mass is 10.2. The standard InChI is InChI=1S/C23H23FN2O4S/c1-17-7-9-19(10-8-17)25-23(27)16-30-21-13-11-20(12-14-21)26(31(2,28)29)15-18-5-3-4-6-22(18)24/h3-14H,15-16H2,1-2H3,(H,25,27). The number of hydrogen-bond acceptors (Lipinski definition) is 4. The number of sulfonamides is 1. The molecule has 8 heteroatoms. The topological polar surface area (TPSA) is 75.7 Å². The number of benzene rings is 3. The van der Waals surface area contributed by atoms with Gasteiger partial charge in [-0.3, -0.25) is 9.10 Å². The summed E-state index contributed by atoms with van der Waals surface area (Å²) in [5.74, 6) is -0.386. The average molecular weight is 443 g/mol. The lowest BCUT2D eigenvalue weighted by Crippen LogP contribution is -2.29. The highest BCUT2D eigenvalue weighted by Crippen LogP contribution is 2.24. The highest BCUT2D eigenvalue weighted by atomic mass is 32.2. The number of nitrogens with one attached hydrogen (secondary N) is 1. The van der Waals surface area contributed by atoms with E-state index in [9.17, 15) is 17.6 Å². The van der Waals surface area contributed by atoms with Crippen LogP contribution >= 0.6 is 0 Å². The predicted molar refractivity (Wildman–Crippen MR) is 119 cm³/mol. The number of carbonyl (C=O) groups excluding carboxylic acids is 1. The zero-order chi connectivity index (χ0) is 22.4. The van der Waals surface area contributed by atoms with E-state index in [-0.39, 0.29) is 24.6 Å². The molecule has 0 fully saturated rings. The molecule has 0 heterocycles. The first-order valence-electron chi connectivity index (χ1n) is 9.53. The van der Waals surface area contributed by atoms with Crippen molar-refractivity contribution in [2.45, 2.75) is 13.5 Å². The Morgan fingerprint density at radius 2 is 1.65 bits per heavy atom. The van der Waals surface area contributed by atoms with Gasteiger partial charge in [0.15, 0.2) is 6.61 Å². The molecule has 0 radical (unpaired) electrons. The van der Waals surface area contributed by atoms with Crippen LogP contribution in [0.3, 0.4) is 0 Å². The molecule has 0 aliphatic rings. The summed E-state index contributed by atoms with van der Waals surface area (Å²) in [4.78, 5) is 12.1. The van der Waals surface area contributed by atoms with E-state index in [1.165, 1.54) is 12.1 Å². The van der Waals surface area contributed by atoms with Gasteiger partial charge in [0.25, 0.3) is 5.91 Å². The molecule has 0 unspecified atom stereocenters. The minimum absolute atomic E-state index is 0.134. The maximum Gasteiger partial charge on any atom is 0.262 e. The largest absolute Gasteiger partial charge is 0.484 e. The first kappa shape index (κ1) is 22.3. The van der Waals surface area contributed by atoms with Crippen molar-refractivity contribution in [2.75, 3.05) is 22.5 Å². The zero-order valence-corrected chi connectivity index (χ0v) is 18.0. The Morgan fingerprint density at radius 1 is 1.00 bits per heavy atom. The van der Waals surface area contributed by atoms with Gasteiger partial charge in [-0.1, -0.05) is 35.9 Å². The van der Waals surface area contributed by atoms with Crippen LogP contribution in [0.2, 0.25) is 0 Å². The molecule has 1 N–H and O–H groups in total. The third kappa shape index (κ3) is 6.29. The number of rotatable bonds is 8. The van der Waals surface area contributed by atoms with Gasteiger partial charge in [-0.2, -0.15) is 0 Å². The Bertz CT molecular complexity index is 1150. The molecule has 31 heavy (non-hydrogen) atoms.